The summed E-state index contributed by atoms with van der Waals surface area (Å²) in [5.41, 5.74) is -0.207. The lowest BCUT2D eigenvalue weighted by Crippen LogP contribution is -2.58. The maximum Gasteiger partial charge on any atom is 0.240 e. The summed E-state index contributed by atoms with van der Waals surface area (Å²) < 4.78 is 0. The van der Waals surface area contributed by atoms with Crippen molar-refractivity contribution in [2.24, 2.45) is 0 Å². The van der Waals surface area contributed by atoms with Crippen LogP contribution in [-0.4, -0.2) is 47.2 Å². The van der Waals surface area contributed by atoms with E-state index in [1.807, 2.05) is 11.8 Å². The Kier molecular flexibility index (Phi) is 2.98. The van der Waals surface area contributed by atoms with Crippen molar-refractivity contribution in [2.45, 2.75) is 44.2 Å². The van der Waals surface area contributed by atoms with E-state index < -0.39 is 0 Å². The minimum absolute atomic E-state index is 0.0148. The predicted octanol–water partition coefficient (Wildman–Crippen LogP) is 0.112. The molecule has 0 bridgehead atoms. The number of nitrogens with zero attached hydrogens (tertiary/aromatic N) is 1. The monoisotopic (exact) mass is 212 g/mol. The molecule has 1 aliphatic carbocycles. The summed E-state index contributed by atoms with van der Waals surface area (Å²) in [4.78, 5) is 14.0. The number of nitrogens with one attached hydrogen (secondary N) is 1. The van der Waals surface area contributed by atoms with Gasteiger partial charge in [-0.15, -0.1) is 0 Å². The Labute approximate surface area is 90.6 Å². The van der Waals surface area contributed by atoms with Gasteiger partial charge in [0.1, 0.15) is 0 Å². The molecule has 1 amide bonds. The molecule has 1 atom stereocenters. The predicted molar refractivity (Wildman–Crippen MR) is 57.5 cm³/mol. The highest BCUT2D eigenvalue weighted by Gasteiger charge is 2.48. The Hall–Kier alpha value is -0.610. The van der Waals surface area contributed by atoms with Crippen LogP contribution in [0.2, 0.25) is 0 Å². The van der Waals surface area contributed by atoms with E-state index in [1.54, 1.807) is 0 Å². The largest absolute Gasteiger partial charge is 0.394 e. The molecule has 4 heteroatoms. The van der Waals surface area contributed by atoms with Crippen LogP contribution in [0, 0.1) is 0 Å². The maximum atomic E-state index is 12.0. The Bertz CT molecular complexity index is 245. The SMILES string of the molecule is CCNC1CCN(C2(CO)CCC2)C1=O. The van der Waals surface area contributed by atoms with Gasteiger partial charge in [0.2, 0.25) is 5.91 Å². The maximum absolute atomic E-state index is 12.0. The molecule has 0 radical (unpaired) electrons. The molecular weight excluding hydrogens is 192 g/mol. The van der Waals surface area contributed by atoms with Crippen LogP contribution < -0.4 is 5.32 Å². The number of aliphatic hydroxyl groups is 1. The van der Waals surface area contributed by atoms with Crippen molar-refractivity contribution in [3.05, 3.63) is 0 Å². The number of likely N-dealkylation sites (N-methyl/N-ethyl adjacent to an activating group) is 1. The zero-order valence-electron chi connectivity index (χ0n) is 9.33. The van der Waals surface area contributed by atoms with Crippen molar-refractivity contribution in [3.8, 4) is 0 Å². The number of carbonyl (C=O) groups excluding carboxylic acids is 1. The Balaban J connectivity index is 2.03. The van der Waals surface area contributed by atoms with Gasteiger partial charge >= 0.3 is 0 Å². The fraction of sp³-hybridized carbons (Fsp3) is 0.909. The fourth-order valence-corrected chi connectivity index (χ4v) is 2.68. The van der Waals surface area contributed by atoms with E-state index in [-0.39, 0.29) is 24.1 Å². The Morgan fingerprint density at radius 3 is 2.80 bits per heavy atom. The van der Waals surface area contributed by atoms with Crippen LogP contribution >= 0.6 is 0 Å². The van der Waals surface area contributed by atoms with Gasteiger partial charge in [0.25, 0.3) is 0 Å². The van der Waals surface area contributed by atoms with Crippen molar-refractivity contribution in [1.29, 1.82) is 0 Å². The van der Waals surface area contributed by atoms with Crippen LogP contribution in [0.15, 0.2) is 0 Å². The first-order valence-corrected chi connectivity index (χ1v) is 5.89. The first kappa shape index (κ1) is 10.9. The number of amides is 1. The first-order chi connectivity index (χ1) is 7.23. The van der Waals surface area contributed by atoms with E-state index in [0.29, 0.717) is 0 Å². The normalized spacial score (nSPS) is 29.3. The molecular formula is C11H20N2O2. The van der Waals surface area contributed by atoms with E-state index in [9.17, 15) is 9.90 Å². The van der Waals surface area contributed by atoms with E-state index in [0.717, 1.165) is 38.8 Å². The van der Waals surface area contributed by atoms with Gasteiger partial charge in [-0.3, -0.25) is 4.79 Å². The van der Waals surface area contributed by atoms with Gasteiger partial charge in [-0.1, -0.05) is 6.92 Å². The molecule has 1 heterocycles. The van der Waals surface area contributed by atoms with Gasteiger partial charge in [0.05, 0.1) is 18.2 Å². The minimum atomic E-state index is -0.207. The molecule has 0 aromatic heterocycles. The molecule has 4 nitrogen and oxygen atoms in total. The standard InChI is InChI=1S/C11H20N2O2/c1-2-12-9-4-7-13(10(9)15)11(8-14)5-3-6-11/h9,12,14H,2-8H2,1H3. The van der Waals surface area contributed by atoms with Gasteiger partial charge in [-0.05, 0) is 32.2 Å². The van der Waals surface area contributed by atoms with Crippen LogP contribution in [0.25, 0.3) is 0 Å². The van der Waals surface area contributed by atoms with Crippen LogP contribution in [0.5, 0.6) is 0 Å². The molecule has 0 aromatic rings. The lowest BCUT2D eigenvalue weighted by Gasteiger charge is -2.47. The average Bonchev–Trinajstić information content (AvgIpc) is 2.51. The number of hydrogen-bond acceptors (Lipinski definition) is 3. The molecule has 1 aliphatic heterocycles. The van der Waals surface area contributed by atoms with Crippen molar-refractivity contribution >= 4 is 5.91 Å². The first-order valence-electron chi connectivity index (χ1n) is 5.89. The second kappa shape index (κ2) is 4.10. The second-order valence-electron chi connectivity index (χ2n) is 4.62. The minimum Gasteiger partial charge on any atom is -0.394 e. The topological polar surface area (TPSA) is 52.6 Å². The van der Waals surface area contributed by atoms with Gasteiger partial charge in [-0.2, -0.15) is 0 Å². The summed E-state index contributed by atoms with van der Waals surface area (Å²) in [6.07, 6.45) is 3.95. The smallest absolute Gasteiger partial charge is 0.240 e. The quantitative estimate of drug-likeness (QED) is 0.695. The third kappa shape index (κ3) is 1.66. The molecule has 15 heavy (non-hydrogen) atoms. The van der Waals surface area contributed by atoms with E-state index in [1.165, 1.54) is 0 Å². The average molecular weight is 212 g/mol. The molecule has 2 aliphatic rings. The number of rotatable bonds is 4. The molecule has 0 spiro atoms. The molecule has 1 saturated heterocycles. The molecule has 2 N–H and O–H groups in total. The molecule has 0 aromatic carbocycles. The lowest BCUT2D eigenvalue weighted by atomic mass is 9.76. The van der Waals surface area contributed by atoms with Crippen LogP contribution in [0.4, 0.5) is 0 Å². The van der Waals surface area contributed by atoms with E-state index in [4.69, 9.17) is 0 Å². The molecule has 86 valence electrons. The van der Waals surface area contributed by atoms with Crippen molar-refractivity contribution < 1.29 is 9.90 Å². The molecule has 1 saturated carbocycles. The Morgan fingerprint density at radius 1 is 1.60 bits per heavy atom. The number of carbonyl (C=O) groups is 1. The van der Waals surface area contributed by atoms with Crippen molar-refractivity contribution in [3.63, 3.8) is 0 Å². The fourth-order valence-electron chi connectivity index (χ4n) is 2.68. The molecule has 2 rings (SSSR count). The highest BCUT2D eigenvalue weighted by molar-refractivity contribution is 5.84. The summed E-state index contributed by atoms with van der Waals surface area (Å²) in [5, 5.41) is 12.6. The van der Waals surface area contributed by atoms with Crippen molar-refractivity contribution in [1.82, 2.24) is 10.2 Å². The Morgan fingerprint density at radius 2 is 2.33 bits per heavy atom. The van der Waals surface area contributed by atoms with E-state index in [2.05, 4.69) is 5.32 Å². The lowest BCUT2D eigenvalue weighted by molar-refractivity contribution is -0.141. The van der Waals surface area contributed by atoms with Gasteiger partial charge < -0.3 is 15.3 Å². The van der Waals surface area contributed by atoms with Crippen LogP contribution in [0.1, 0.15) is 32.6 Å². The number of likely N-dealkylation sites (tertiary alicyclic amines) is 1. The van der Waals surface area contributed by atoms with E-state index >= 15 is 0 Å². The molecule has 1 unspecified atom stereocenters. The van der Waals surface area contributed by atoms with Crippen molar-refractivity contribution in [2.75, 3.05) is 19.7 Å². The number of aliphatic hydroxyl groups excluding tert-OH is 1. The summed E-state index contributed by atoms with van der Waals surface area (Å²) in [6.45, 7) is 3.77. The zero-order valence-corrected chi connectivity index (χ0v) is 9.33. The van der Waals surface area contributed by atoms with Crippen LogP contribution in [0.3, 0.4) is 0 Å². The summed E-state index contributed by atoms with van der Waals surface area (Å²) in [5.74, 6) is 0.186. The summed E-state index contributed by atoms with van der Waals surface area (Å²) >= 11 is 0. The van der Waals surface area contributed by atoms with Gasteiger partial charge in [0, 0.05) is 6.54 Å². The number of hydrogen-bond donors (Lipinski definition) is 2. The third-order valence-electron chi connectivity index (χ3n) is 3.81. The summed E-state index contributed by atoms with van der Waals surface area (Å²) in [6, 6.07) is -0.0148. The van der Waals surface area contributed by atoms with Gasteiger partial charge in [-0.25, -0.2) is 0 Å². The molecule has 2 fully saturated rings. The zero-order chi connectivity index (χ0) is 10.9. The third-order valence-corrected chi connectivity index (χ3v) is 3.81. The highest BCUT2D eigenvalue weighted by Crippen LogP contribution is 2.39. The van der Waals surface area contributed by atoms with Crippen LogP contribution in [-0.2, 0) is 4.79 Å². The summed E-state index contributed by atoms with van der Waals surface area (Å²) in [7, 11) is 0. The highest BCUT2D eigenvalue weighted by atomic mass is 16.3. The van der Waals surface area contributed by atoms with Gasteiger partial charge in [0.15, 0.2) is 0 Å². The second-order valence-corrected chi connectivity index (χ2v) is 4.62.